The highest BCUT2D eigenvalue weighted by Gasteiger charge is 2.31. The Morgan fingerprint density at radius 3 is 2.20 bits per heavy atom. The molecule has 1 N–H and O–H groups in total. The molecule has 1 amide bonds. The second kappa shape index (κ2) is 7.04. The molecule has 130 valence electrons. The first kappa shape index (κ1) is 16.4. The lowest BCUT2D eigenvalue weighted by atomic mass is 9.84. The third kappa shape index (κ3) is 3.79. The Balaban J connectivity index is 1.44. The minimum absolute atomic E-state index is 0.115. The summed E-state index contributed by atoms with van der Waals surface area (Å²) < 4.78 is 0. The number of nitrogens with one attached hydrogen (secondary N) is 1. The van der Waals surface area contributed by atoms with Crippen molar-refractivity contribution in [3.05, 3.63) is 53.2 Å². The predicted molar refractivity (Wildman–Crippen MR) is 100 cm³/mol. The van der Waals surface area contributed by atoms with Crippen LogP contribution in [0.25, 0.3) is 0 Å². The topological polar surface area (TPSA) is 45.2 Å². The number of pyridine rings is 1. The summed E-state index contributed by atoms with van der Waals surface area (Å²) in [6, 6.07) is 11.2. The summed E-state index contributed by atoms with van der Waals surface area (Å²) in [4.78, 5) is 19.3. The Kier molecular flexibility index (Phi) is 4.62. The molecule has 5 heteroatoms. The van der Waals surface area contributed by atoms with Crippen LogP contribution in [0, 0.1) is 11.8 Å². The molecule has 2 aromatic rings. The Morgan fingerprint density at radius 2 is 1.64 bits per heavy atom. The SMILES string of the molecule is O=C(c1ccc(Nc2ccc(Cl)cc2)nc1)N1CC2CCC(CC2)C1. The third-order valence-corrected chi connectivity index (χ3v) is 5.59. The zero-order valence-corrected chi connectivity index (χ0v) is 14.9. The average Bonchev–Trinajstić information content (AvgIpc) is 2.98. The van der Waals surface area contributed by atoms with E-state index in [-0.39, 0.29) is 5.91 Å². The van der Waals surface area contributed by atoms with Crippen molar-refractivity contribution in [1.29, 1.82) is 0 Å². The van der Waals surface area contributed by atoms with Crippen molar-refractivity contribution >= 4 is 29.0 Å². The maximum Gasteiger partial charge on any atom is 0.255 e. The number of hydrogen-bond donors (Lipinski definition) is 1. The van der Waals surface area contributed by atoms with Gasteiger partial charge < -0.3 is 10.2 Å². The number of carbonyl (C=O) groups excluding carboxylic acids is 1. The molecule has 1 aromatic heterocycles. The molecule has 3 aliphatic rings. The summed E-state index contributed by atoms with van der Waals surface area (Å²) in [7, 11) is 0. The zero-order valence-electron chi connectivity index (χ0n) is 14.1. The van der Waals surface area contributed by atoms with E-state index in [1.165, 1.54) is 25.7 Å². The van der Waals surface area contributed by atoms with Gasteiger partial charge in [-0.1, -0.05) is 11.6 Å². The lowest BCUT2D eigenvalue weighted by Crippen LogP contribution is -2.34. The van der Waals surface area contributed by atoms with Crippen LogP contribution in [0.2, 0.25) is 5.02 Å². The number of anilines is 2. The van der Waals surface area contributed by atoms with E-state index < -0.39 is 0 Å². The number of nitrogens with zero attached hydrogens (tertiary/aromatic N) is 2. The zero-order chi connectivity index (χ0) is 17.2. The molecule has 2 saturated heterocycles. The van der Waals surface area contributed by atoms with E-state index in [1.54, 1.807) is 6.20 Å². The quantitative estimate of drug-likeness (QED) is 0.864. The first-order valence-corrected chi connectivity index (χ1v) is 9.33. The molecule has 3 fully saturated rings. The maximum absolute atomic E-state index is 12.8. The monoisotopic (exact) mass is 355 g/mol. The summed E-state index contributed by atoms with van der Waals surface area (Å²) in [5.74, 6) is 2.20. The van der Waals surface area contributed by atoms with Crippen molar-refractivity contribution in [2.45, 2.75) is 25.7 Å². The van der Waals surface area contributed by atoms with Crippen LogP contribution in [0.1, 0.15) is 36.0 Å². The second-order valence-electron chi connectivity index (χ2n) is 7.16. The number of benzene rings is 1. The molecule has 1 aliphatic carbocycles. The van der Waals surface area contributed by atoms with Gasteiger partial charge in [0, 0.05) is 30.0 Å². The molecule has 0 atom stereocenters. The number of rotatable bonds is 3. The summed E-state index contributed by atoms with van der Waals surface area (Å²) in [6.45, 7) is 1.81. The molecule has 0 radical (unpaired) electrons. The highest BCUT2D eigenvalue weighted by Crippen LogP contribution is 2.34. The van der Waals surface area contributed by atoms with E-state index in [0.717, 1.165) is 24.6 Å². The highest BCUT2D eigenvalue weighted by molar-refractivity contribution is 6.30. The second-order valence-corrected chi connectivity index (χ2v) is 7.60. The molecule has 2 aliphatic heterocycles. The molecule has 0 spiro atoms. The lowest BCUT2D eigenvalue weighted by Gasteiger charge is -2.22. The van der Waals surface area contributed by atoms with E-state index in [9.17, 15) is 4.79 Å². The van der Waals surface area contributed by atoms with Crippen LogP contribution in [0.3, 0.4) is 0 Å². The van der Waals surface area contributed by atoms with Gasteiger partial charge in [0.05, 0.1) is 5.56 Å². The van der Waals surface area contributed by atoms with Crippen molar-refractivity contribution in [3.63, 3.8) is 0 Å². The van der Waals surface area contributed by atoms with Gasteiger partial charge in [-0.3, -0.25) is 4.79 Å². The van der Waals surface area contributed by atoms with Gasteiger partial charge >= 0.3 is 0 Å². The number of amides is 1. The number of fused-ring (bicyclic) bond motifs is 4. The summed E-state index contributed by atoms with van der Waals surface area (Å²) in [5, 5.41) is 3.92. The van der Waals surface area contributed by atoms with Gasteiger partial charge in [0.15, 0.2) is 0 Å². The number of hydrogen-bond acceptors (Lipinski definition) is 3. The van der Waals surface area contributed by atoms with E-state index in [0.29, 0.717) is 22.4 Å². The first-order chi connectivity index (χ1) is 12.2. The fraction of sp³-hybridized carbons (Fsp3) is 0.400. The Bertz CT molecular complexity index is 723. The van der Waals surface area contributed by atoms with Crippen LogP contribution in [-0.2, 0) is 0 Å². The Hall–Kier alpha value is -2.07. The van der Waals surface area contributed by atoms with E-state index >= 15 is 0 Å². The largest absolute Gasteiger partial charge is 0.340 e. The molecule has 1 aromatic carbocycles. The van der Waals surface area contributed by atoms with Crippen LogP contribution in [0.5, 0.6) is 0 Å². The summed E-state index contributed by atoms with van der Waals surface area (Å²) >= 11 is 5.90. The van der Waals surface area contributed by atoms with Gasteiger partial charge in [0.1, 0.15) is 5.82 Å². The molecule has 2 bridgehead atoms. The van der Waals surface area contributed by atoms with Gasteiger partial charge in [-0.2, -0.15) is 0 Å². The van der Waals surface area contributed by atoms with Crippen molar-refractivity contribution in [1.82, 2.24) is 9.88 Å². The number of halogens is 1. The minimum atomic E-state index is 0.115. The van der Waals surface area contributed by atoms with Crippen LogP contribution >= 0.6 is 11.6 Å². The molecule has 4 nitrogen and oxygen atoms in total. The molecule has 25 heavy (non-hydrogen) atoms. The van der Waals surface area contributed by atoms with Gasteiger partial charge in [0.2, 0.25) is 0 Å². The van der Waals surface area contributed by atoms with E-state index in [1.807, 2.05) is 41.3 Å². The van der Waals surface area contributed by atoms with Crippen LogP contribution in [-0.4, -0.2) is 28.9 Å². The van der Waals surface area contributed by atoms with Crippen molar-refractivity contribution in [3.8, 4) is 0 Å². The number of carbonyl (C=O) groups is 1. The van der Waals surface area contributed by atoms with E-state index in [2.05, 4.69) is 10.3 Å². The normalized spacial score (nSPS) is 22.5. The Morgan fingerprint density at radius 1 is 1.00 bits per heavy atom. The molecule has 5 rings (SSSR count). The fourth-order valence-electron chi connectivity index (χ4n) is 3.92. The summed E-state index contributed by atoms with van der Waals surface area (Å²) in [5.41, 5.74) is 1.59. The average molecular weight is 356 g/mol. The predicted octanol–water partition coefficient (Wildman–Crippen LogP) is 4.74. The third-order valence-electron chi connectivity index (χ3n) is 5.34. The Labute approximate surface area is 153 Å². The van der Waals surface area contributed by atoms with Gasteiger partial charge in [-0.25, -0.2) is 4.98 Å². The van der Waals surface area contributed by atoms with Gasteiger partial charge in [-0.15, -0.1) is 0 Å². The molecule has 1 saturated carbocycles. The number of aromatic nitrogens is 1. The van der Waals surface area contributed by atoms with Gasteiger partial charge in [-0.05, 0) is 73.9 Å². The van der Waals surface area contributed by atoms with Crippen LogP contribution in [0.15, 0.2) is 42.6 Å². The molecule has 0 unspecified atom stereocenters. The molecular formula is C20H22ClN3O. The molecule has 3 heterocycles. The van der Waals surface area contributed by atoms with Gasteiger partial charge in [0.25, 0.3) is 5.91 Å². The smallest absolute Gasteiger partial charge is 0.255 e. The van der Waals surface area contributed by atoms with Crippen LogP contribution < -0.4 is 5.32 Å². The first-order valence-electron chi connectivity index (χ1n) is 8.95. The maximum atomic E-state index is 12.8. The van der Waals surface area contributed by atoms with Crippen molar-refractivity contribution < 1.29 is 4.79 Å². The lowest BCUT2D eigenvalue weighted by molar-refractivity contribution is 0.0739. The van der Waals surface area contributed by atoms with E-state index in [4.69, 9.17) is 11.6 Å². The van der Waals surface area contributed by atoms with Crippen molar-refractivity contribution in [2.24, 2.45) is 11.8 Å². The highest BCUT2D eigenvalue weighted by atomic mass is 35.5. The summed E-state index contributed by atoms with van der Waals surface area (Å²) in [6.07, 6.45) is 6.77. The van der Waals surface area contributed by atoms with Crippen molar-refractivity contribution in [2.75, 3.05) is 18.4 Å². The minimum Gasteiger partial charge on any atom is -0.340 e. The standard InChI is InChI=1S/C20H22ClN3O/c21-17-6-8-18(9-7-17)23-19-10-5-16(11-22-19)20(25)24-12-14-1-2-15(13-24)4-3-14/h5-11,14-15H,1-4,12-13H2,(H,22,23). The fourth-order valence-corrected chi connectivity index (χ4v) is 4.04. The molecular weight excluding hydrogens is 334 g/mol. The van der Waals surface area contributed by atoms with Crippen LogP contribution in [0.4, 0.5) is 11.5 Å².